The van der Waals surface area contributed by atoms with Crippen LogP contribution in [0.4, 0.5) is 0 Å². The average molecular weight is 346 g/mol. The van der Waals surface area contributed by atoms with Gasteiger partial charge in [0.25, 0.3) is 0 Å². The van der Waals surface area contributed by atoms with Crippen LogP contribution >= 0.6 is 23.5 Å². The molecule has 0 aromatic carbocycles. The maximum Gasteiger partial charge on any atom is 0.174 e. The third kappa shape index (κ3) is 6.92. The van der Waals surface area contributed by atoms with Gasteiger partial charge in [0.1, 0.15) is 0 Å². The lowest BCUT2D eigenvalue weighted by atomic mass is 10.0. The number of carbonyl (C=O) groups is 1. The topological polar surface area (TPSA) is 58.7 Å². The summed E-state index contributed by atoms with van der Waals surface area (Å²) in [5.74, 6) is 6.92. The molecule has 0 aromatic rings. The summed E-state index contributed by atoms with van der Waals surface area (Å²) in [6, 6.07) is 0. The minimum absolute atomic E-state index is 0.0287. The standard InChI is InChI=1S/C16H31N3OS2/c1-4-15(22-16(18-5-2)19(17)6-3)14(20)12-21-13-10-8-7-9-11-13/h13,15H,4-12,17H2,1-3H3. The smallest absolute Gasteiger partial charge is 0.174 e. The first-order valence-electron chi connectivity index (χ1n) is 8.49. The number of amidine groups is 1. The molecule has 1 saturated carbocycles. The van der Waals surface area contributed by atoms with Gasteiger partial charge in [-0.05, 0) is 33.1 Å². The number of thioether (sulfide) groups is 2. The minimum atomic E-state index is -0.0287. The van der Waals surface area contributed by atoms with E-state index in [1.807, 2.05) is 25.6 Å². The highest BCUT2D eigenvalue weighted by molar-refractivity contribution is 8.15. The highest BCUT2D eigenvalue weighted by Gasteiger charge is 2.23. The van der Waals surface area contributed by atoms with Crippen molar-refractivity contribution in [1.29, 1.82) is 0 Å². The van der Waals surface area contributed by atoms with Crippen LogP contribution in [0.25, 0.3) is 0 Å². The summed E-state index contributed by atoms with van der Waals surface area (Å²) in [6.45, 7) is 7.45. The van der Waals surface area contributed by atoms with Gasteiger partial charge < -0.3 is 0 Å². The maximum atomic E-state index is 12.5. The van der Waals surface area contributed by atoms with Crippen molar-refractivity contribution in [3.8, 4) is 0 Å². The van der Waals surface area contributed by atoms with E-state index in [-0.39, 0.29) is 5.25 Å². The van der Waals surface area contributed by atoms with Crippen molar-refractivity contribution in [2.24, 2.45) is 10.8 Å². The number of hydrazine groups is 1. The Kier molecular flexibility index (Phi) is 10.2. The molecule has 0 aliphatic heterocycles. The molecule has 6 heteroatoms. The number of rotatable bonds is 8. The second-order valence-corrected chi connectivity index (χ2v) is 8.05. The Hall–Kier alpha value is -0.200. The van der Waals surface area contributed by atoms with Gasteiger partial charge in [-0.15, -0.1) is 0 Å². The highest BCUT2D eigenvalue weighted by atomic mass is 32.2. The lowest BCUT2D eigenvalue weighted by Crippen LogP contribution is -2.37. The molecule has 1 atom stereocenters. The first-order valence-corrected chi connectivity index (χ1v) is 10.4. The number of hydrogen-bond acceptors (Lipinski definition) is 5. The van der Waals surface area contributed by atoms with E-state index in [1.165, 1.54) is 43.9 Å². The molecule has 22 heavy (non-hydrogen) atoms. The predicted molar refractivity (Wildman–Crippen MR) is 101 cm³/mol. The van der Waals surface area contributed by atoms with Gasteiger partial charge in [-0.2, -0.15) is 11.8 Å². The van der Waals surface area contributed by atoms with Gasteiger partial charge in [-0.1, -0.05) is 37.9 Å². The second kappa shape index (κ2) is 11.4. The number of aliphatic imine (C=N–C) groups is 1. The van der Waals surface area contributed by atoms with Gasteiger partial charge in [0, 0.05) is 18.3 Å². The lowest BCUT2D eigenvalue weighted by molar-refractivity contribution is -0.116. The predicted octanol–water partition coefficient (Wildman–Crippen LogP) is 3.70. The van der Waals surface area contributed by atoms with Crippen LogP contribution in [0.3, 0.4) is 0 Å². The van der Waals surface area contributed by atoms with Gasteiger partial charge in [0.15, 0.2) is 11.0 Å². The van der Waals surface area contributed by atoms with Crippen molar-refractivity contribution >= 4 is 34.5 Å². The van der Waals surface area contributed by atoms with E-state index in [2.05, 4.69) is 11.9 Å². The fourth-order valence-electron chi connectivity index (χ4n) is 2.50. The summed E-state index contributed by atoms with van der Waals surface area (Å²) in [5.41, 5.74) is 0. The molecule has 1 fully saturated rings. The summed E-state index contributed by atoms with van der Waals surface area (Å²) in [7, 11) is 0. The summed E-state index contributed by atoms with van der Waals surface area (Å²) < 4.78 is 0. The molecule has 128 valence electrons. The number of nitrogens with two attached hydrogens (primary N) is 1. The fourth-order valence-corrected chi connectivity index (χ4v) is 4.97. The van der Waals surface area contributed by atoms with Gasteiger partial charge in [0.2, 0.25) is 0 Å². The maximum absolute atomic E-state index is 12.5. The SMILES string of the molecule is CCN=C(SC(CC)C(=O)CSC1CCCCC1)N(N)CC. The molecule has 1 aliphatic rings. The summed E-state index contributed by atoms with van der Waals surface area (Å²) in [6.07, 6.45) is 7.38. The van der Waals surface area contributed by atoms with Gasteiger partial charge in [-0.25, -0.2) is 5.84 Å². The van der Waals surface area contributed by atoms with Crippen LogP contribution in [0.1, 0.15) is 59.3 Å². The molecule has 1 unspecified atom stereocenters. The number of carbonyl (C=O) groups excluding carboxylic acids is 1. The monoisotopic (exact) mass is 345 g/mol. The molecule has 0 saturated heterocycles. The summed E-state index contributed by atoms with van der Waals surface area (Å²) in [4.78, 5) is 16.9. The van der Waals surface area contributed by atoms with Crippen molar-refractivity contribution in [2.45, 2.75) is 69.8 Å². The number of hydrogen-bond donors (Lipinski definition) is 1. The van der Waals surface area contributed by atoms with Crippen LogP contribution in [-0.2, 0) is 4.79 Å². The highest BCUT2D eigenvalue weighted by Crippen LogP contribution is 2.29. The van der Waals surface area contributed by atoms with E-state index in [9.17, 15) is 4.79 Å². The molecule has 1 aliphatic carbocycles. The second-order valence-electron chi connectivity index (χ2n) is 5.60. The summed E-state index contributed by atoms with van der Waals surface area (Å²) >= 11 is 3.39. The van der Waals surface area contributed by atoms with Crippen LogP contribution in [-0.4, -0.2) is 45.3 Å². The van der Waals surface area contributed by atoms with Crippen LogP contribution < -0.4 is 5.84 Å². The van der Waals surface area contributed by atoms with Gasteiger partial charge in [-0.3, -0.25) is 14.8 Å². The van der Waals surface area contributed by atoms with Crippen LogP contribution in [0.15, 0.2) is 4.99 Å². The molecular weight excluding hydrogens is 314 g/mol. The van der Waals surface area contributed by atoms with Crippen molar-refractivity contribution in [3.05, 3.63) is 0 Å². The number of Topliss-reactive ketones (excluding diaryl/α,β-unsaturated/α-hetero) is 1. The molecule has 1 rings (SSSR count). The van der Waals surface area contributed by atoms with E-state index in [1.54, 1.807) is 5.01 Å². The molecular formula is C16H31N3OS2. The molecule has 0 amide bonds. The van der Waals surface area contributed by atoms with E-state index in [0.717, 1.165) is 11.6 Å². The first kappa shape index (κ1) is 19.8. The largest absolute Gasteiger partial charge is 0.298 e. The fraction of sp³-hybridized carbons (Fsp3) is 0.875. The molecule has 4 nitrogen and oxygen atoms in total. The molecule has 0 spiro atoms. The minimum Gasteiger partial charge on any atom is -0.298 e. The quantitative estimate of drug-likeness (QED) is 0.314. The number of nitrogens with zero attached hydrogens (tertiary/aromatic N) is 2. The summed E-state index contributed by atoms with van der Waals surface area (Å²) in [5, 5.41) is 3.08. The Morgan fingerprint density at radius 1 is 1.27 bits per heavy atom. The first-order chi connectivity index (χ1) is 10.6. The number of ketones is 1. The lowest BCUT2D eigenvalue weighted by Gasteiger charge is -2.23. The van der Waals surface area contributed by atoms with Crippen molar-refractivity contribution in [1.82, 2.24) is 5.01 Å². The average Bonchev–Trinajstić information content (AvgIpc) is 2.56. The molecule has 0 bridgehead atoms. The van der Waals surface area contributed by atoms with Gasteiger partial charge in [0.05, 0.1) is 11.0 Å². The normalized spacial score (nSPS) is 18.3. The zero-order valence-electron chi connectivity index (χ0n) is 14.2. The zero-order valence-corrected chi connectivity index (χ0v) is 15.8. The Balaban J connectivity index is 2.50. The van der Waals surface area contributed by atoms with Crippen molar-refractivity contribution < 1.29 is 4.79 Å². The Morgan fingerprint density at radius 2 is 1.95 bits per heavy atom. The van der Waals surface area contributed by atoms with E-state index < -0.39 is 0 Å². The zero-order chi connectivity index (χ0) is 16.4. The Bertz CT molecular complexity index is 357. The van der Waals surface area contributed by atoms with Crippen LogP contribution in [0.5, 0.6) is 0 Å². The van der Waals surface area contributed by atoms with Crippen molar-refractivity contribution in [2.75, 3.05) is 18.8 Å². The Labute approximate surface area is 144 Å². The van der Waals surface area contributed by atoms with E-state index in [4.69, 9.17) is 5.84 Å². The van der Waals surface area contributed by atoms with E-state index in [0.29, 0.717) is 29.9 Å². The molecule has 0 aromatic heterocycles. The molecule has 0 heterocycles. The third-order valence-corrected chi connectivity index (χ3v) is 6.72. The van der Waals surface area contributed by atoms with Crippen LogP contribution in [0, 0.1) is 0 Å². The molecule has 2 N–H and O–H groups in total. The Morgan fingerprint density at radius 3 is 2.50 bits per heavy atom. The third-order valence-electron chi connectivity index (χ3n) is 3.87. The molecule has 0 radical (unpaired) electrons. The van der Waals surface area contributed by atoms with E-state index >= 15 is 0 Å². The van der Waals surface area contributed by atoms with Crippen LogP contribution in [0.2, 0.25) is 0 Å². The van der Waals surface area contributed by atoms with Gasteiger partial charge >= 0.3 is 0 Å². The van der Waals surface area contributed by atoms with Crippen molar-refractivity contribution in [3.63, 3.8) is 0 Å².